The van der Waals surface area contributed by atoms with Gasteiger partial charge in [0.25, 0.3) is 0 Å². The fourth-order valence-electron chi connectivity index (χ4n) is 4.56. The minimum absolute atomic E-state index is 0.117. The van der Waals surface area contributed by atoms with Crippen LogP contribution in [0.4, 0.5) is 0 Å². The first kappa shape index (κ1) is 28.0. The molecule has 2 N–H and O–H groups in total. The van der Waals surface area contributed by atoms with Gasteiger partial charge in [-0.2, -0.15) is 5.10 Å². The molecule has 7 nitrogen and oxygen atoms in total. The standard InChI is InChI=1S/C31H34N4O3S/c1-21-14-16-28(17-15-21)39(37,38)34-29(26-11-7-6-8-12-26)19-31(36)33-32-20-27-18-23(3)35(25(27)5)30-13-9-10-22(2)24(30)4/h6-18,20,29,34H,19H2,1-5H3,(H,33,36)/b32-20-/t29-/m1/s1. The van der Waals surface area contributed by atoms with Gasteiger partial charge in [0.05, 0.1) is 17.2 Å². The molecule has 1 aromatic heterocycles. The third-order valence-corrected chi connectivity index (χ3v) is 8.39. The van der Waals surface area contributed by atoms with E-state index >= 15 is 0 Å². The Balaban J connectivity index is 1.50. The molecular formula is C31H34N4O3S. The van der Waals surface area contributed by atoms with Crippen LogP contribution in [0.3, 0.4) is 0 Å². The number of carbonyl (C=O) groups excluding carboxylic acids is 1. The summed E-state index contributed by atoms with van der Waals surface area (Å²) in [6.07, 6.45) is 1.50. The maximum Gasteiger partial charge on any atom is 0.242 e. The first-order chi connectivity index (χ1) is 18.6. The third-order valence-electron chi connectivity index (χ3n) is 6.90. The number of rotatable bonds is 9. The van der Waals surface area contributed by atoms with Gasteiger partial charge < -0.3 is 4.57 Å². The molecule has 3 aromatic carbocycles. The Hall–Kier alpha value is -4.01. The van der Waals surface area contributed by atoms with E-state index in [1.165, 1.54) is 11.1 Å². The average molecular weight is 543 g/mol. The molecule has 0 radical (unpaired) electrons. The quantitative estimate of drug-likeness (QED) is 0.214. The number of aromatic nitrogens is 1. The Kier molecular flexibility index (Phi) is 8.47. The van der Waals surface area contributed by atoms with Crippen LogP contribution >= 0.6 is 0 Å². The van der Waals surface area contributed by atoms with Gasteiger partial charge in [-0.05, 0) is 75.6 Å². The molecule has 39 heavy (non-hydrogen) atoms. The Morgan fingerprint density at radius 2 is 1.62 bits per heavy atom. The molecule has 4 aromatic rings. The SMILES string of the molecule is Cc1ccc(S(=O)(=O)N[C@H](CC(=O)N/N=C\c2cc(C)n(-c3cccc(C)c3C)c2C)c2ccccc2)cc1. The topological polar surface area (TPSA) is 92.6 Å². The van der Waals surface area contributed by atoms with E-state index in [1.807, 2.05) is 51.1 Å². The molecular weight excluding hydrogens is 508 g/mol. The van der Waals surface area contributed by atoms with Crippen LogP contribution < -0.4 is 10.1 Å². The number of nitrogens with one attached hydrogen (secondary N) is 2. The van der Waals surface area contributed by atoms with E-state index in [2.05, 4.69) is 45.8 Å². The zero-order valence-electron chi connectivity index (χ0n) is 22.9. The number of benzene rings is 3. The second-order valence-corrected chi connectivity index (χ2v) is 11.5. The van der Waals surface area contributed by atoms with Gasteiger partial charge in [-0.15, -0.1) is 0 Å². The summed E-state index contributed by atoms with van der Waals surface area (Å²) in [5, 5.41) is 4.19. The lowest BCUT2D eigenvalue weighted by atomic mass is 10.0. The van der Waals surface area contributed by atoms with Crippen LogP contribution in [0.1, 0.15) is 51.7 Å². The fourth-order valence-corrected chi connectivity index (χ4v) is 5.78. The van der Waals surface area contributed by atoms with Gasteiger partial charge in [-0.3, -0.25) is 4.79 Å². The minimum Gasteiger partial charge on any atom is -0.318 e. The van der Waals surface area contributed by atoms with Crippen molar-refractivity contribution < 1.29 is 13.2 Å². The highest BCUT2D eigenvalue weighted by molar-refractivity contribution is 7.89. The summed E-state index contributed by atoms with van der Waals surface area (Å²) >= 11 is 0. The zero-order valence-corrected chi connectivity index (χ0v) is 23.7. The summed E-state index contributed by atoms with van der Waals surface area (Å²) in [7, 11) is -3.85. The Morgan fingerprint density at radius 1 is 0.923 bits per heavy atom. The van der Waals surface area contributed by atoms with Crippen molar-refractivity contribution >= 4 is 22.1 Å². The smallest absolute Gasteiger partial charge is 0.242 e. The lowest BCUT2D eigenvalue weighted by Crippen LogP contribution is -2.32. The molecule has 0 saturated heterocycles. The number of aryl methyl sites for hydroxylation is 3. The zero-order chi connectivity index (χ0) is 28.2. The normalized spacial score (nSPS) is 12.5. The number of hydrazone groups is 1. The van der Waals surface area contributed by atoms with Crippen molar-refractivity contribution in [2.75, 3.05) is 0 Å². The third kappa shape index (κ3) is 6.53. The van der Waals surface area contributed by atoms with Gasteiger partial charge >= 0.3 is 0 Å². The summed E-state index contributed by atoms with van der Waals surface area (Å²) in [6, 6.07) is 23.1. The molecule has 8 heteroatoms. The summed E-state index contributed by atoms with van der Waals surface area (Å²) in [6.45, 7) is 10.1. The highest BCUT2D eigenvalue weighted by Gasteiger charge is 2.24. The maximum absolute atomic E-state index is 13.1. The minimum atomic E-state index is -3.85. The predicted molar refractivity (Wildman–Crippen MR) is 156 cm³/mol. The van der Waals surface area contributed by atoms with E-state index in [0.717, 1.165) is 28.2 Å². The number of sulfonamides is 1. The molecule has 1 atom stereocenters. The number of hydrogen-bond acceptors (Lipinski definition) is 4. The van der Waals surface area contributed by atoms with Crippen molar-refractivity contribution in [1.82, 2.24) is 14.7 Å². The van der Waals surface area contributed by atoms with E-state index in [-0.39, 0.29) is 11.3 Å². The molecule has 0 unspecified atom stereocenters. The molecule has 0 aliphatic carbocycles. The highest BCUT2D eigenvalue weighted by Crippen LogP contribution is 2.24. The van der Waals surface area contributed by atoms with Gasteiger partial charge in [0, 0.05) is 29.1 Å². The molecule has 0 bridgehead atoms. The first-order valence-electron chi connectivity index (χ1n) is 12.8. The Bertz CT molecular complexity index is 1610. The van der Waals surface area contributed by atoms with Gasteiger partial charge in [-0.25, -0.2) is 18.6 Å². The van der Waals surface area contributed by atoms with Crippen LogP contribution in [0.15, 0.2) is 88.9 Å². The van der Waals surface area contributed by atoms with Crippen molar-refractivity contribution in [1.29, 1.82) is 0 Å². The molecule has 1 amide bonds. The second kappa shape index (κ2) is 11.8. The van der Waals surface area contributed by atoms with Gasteiger partial charge in [0.1, 0.15) is 0 Å². The lowest BCUT2D eigenvalue weighted by molar-refractivity contribution is -0.121. The van der Waals surface area contributed by atoms with E-state index in [9.17, 15) is 13.2 Å². The molecule has 0 spiro atoms. The van der Waals surface area contributed by atoms with Crippen molar-refractivity contribution in [3.8, 4) is 5.69 Å². The average Bonchev–Trinajstić information content (AvgIpc) is 3.18. The van der Waals surface area contributed by atoms with E-state index < -0.39 is 22.0 Å². The van der Waals surface area contributed by atoms with Crippen molar-refractivity contribution in [2.45, 2.75) is 52.0 Å². The maximum atomic E-state index is 13.1. The van der Waals surface area contributed by atoms with Gasteiger partial charge in [0.2, 0.25) is 15.9 Å². The van der Waals surface area contributed by atoms with Gasteiger partial charge in [0.15, 0.2) is 0 Å². The van der Waals surface area contributed by atoms with Crippen LogP contribution in [-0.4, -0.2) is 25.1 Å². The monoisotopic (exact) mass is 542 g/mol. The molecule has 0 aliphatic heterocycles. The number of nitrogens with zero attached hydrogens (tertiary/aromatic N) is 2. The van der Waals surface area contributed by atoms with Crippen LogP contribution in [0.2, 0.25) is 0 Å². The molecule has 0 aliphatic rings. The number of hydrogen-bond donors (Lipinski definition) is 2. The largest absolute Gasteiger partial charge is 0.318 e. The summed E-state index contributed by atoms with van der Waals surface area (Å²) in [5.41, 5.74) is 10.7. The van der Waals surface area contributed by atoms with E-state index in [4.69, 9.17) is 0 Å². The van der Waals surface area contributed by atoms with Crippen molar-refractivity contribution in [3.05, 3.63) is 118 Å². The molecule has 4 rings (SSSR count). The first-order valence-corrected chi connectivity index (χ1v) is 14.3. The van der Waals surface area contributed by atoms with Crippen LogP contribution in [0, 0.1) is 34.6 Å². The fraction of sp³-hybridized carbons (Fsp3) is 0.226. The molecule has 0 fully saturated rings. The van der Waals surface area contributed by atoms with E-state index in [1.54, 1.807) is 42.6 Å². The summed E-state index contributed by atoms with van der Waals surface area (Å²) in [5.74, 6) is -0.407. The van der Waals surface area contributed by atoms with Crippen LogP contribution in [0.25, 0.3) is 5.69 Å². The lowest BCUT2D eigenvalue weighted by Gasteiger charge is -2.18. The number of amides is 1. The Labute approximate surface area is 230 Å². The van der Waals surface area contributed by atoms with E-state index in [0.29, 0.717) is 5.56 Å². The highest BCUT2D eigenvalue weighted by atomic mass is 32.2. The van der Waals surface area contributed by atoms with Crippen LogP contribution in [-0.2, 0) is 14.8 Å². The summed E-state index contributed by atoms with van der Waals surface area (Å²) in [4.78, 5) is 13.0. The molecule has 202 valence electrons. The molecule has 1 heterocycles. The van der Waals surface area contributed by atoms with Crippen LogP contribution in [0.5, 0.6) is 0 Å². The molecule has 0 saturated carbocycles. The predicted octanol–water partition coefficient (Wildman–Crippen LogP) is 5.58. The van der Waals surface area contributed by atoms with Crippen molar-refractivity contribution in [3.63, 3.8) is 0 Å². The number of carbonyl (C=O) groups is 1. The summed E-state index contributed by atoms with van der Waals surface area (Å²) < 4.78 is 31.0. The Morgan fingerprint density at radius 3 is 2.31 bits per heavy atom. The van der Waals surface area contributed by atoms with Crippen molar-refractivity contribution in [2.24, 2.45) is 5.10 Å². The second-order valence-electron chi connectivity index (χ2n) is 9.78. The van der Waals surface area contributed by atoms with Gasteiger partial charge in [-0.1, -0.05) is 60.2 Å².